The van der Waals surface area contributed by atoms with E-state index in [2.05, 4.69) is 119 Å². The Bertz CT molecular complexity index is 1820. The van der Waals surface area contributed by atoms with Gasteiger partial charge in [-0.25, -0.2) is 4.98 Å². The number of hydrogen-bond acceptors (Lipinski definition) is 4. The van der Waals surface area contributed by atoms with Crippen molar-refractivity contribution in [3.05, 3.63) is 131 Å². The maximum Gasteiger partial charge on any atom is 0.202 e. The Kier molecular flexibility index (Phi) is 4.86. The molecule has 4 heteroatoms. The Hall–Kier alpha value is -4.70. The second-order valence-corrected chi connectivity index (χ2v) is 11.6. The fourth-order valence-electron chi connectivity index (χ4n) is 7.83. The molecule has 1 saturated heterocycles. The number of nitrogens with zero attached hydrogens (tertiary/aromatic N) is 4. The Labute approximate surface area is 240 Å². The smallest absolute Gasteiger partial charge is 0.202 e. The highest BCUT2D eigenvalue weighted by Crippen LogP contribution is 2.62. The topological polar surface area (TPSA) is 31.7 Å². The van der Waals surface area contributed by atoms with Gasteiger partial charge >= 0.3 is 0 Å². The lowest BCUT2D eigenvalue weighted by atomic mass is 9.70. The summed E-state index contributed by atoms with van der Waals surface area (Å²) in [7, 11) is 0. The van der Waals surface area contributed by atoms with Gasteiger partial charge in [0.1, 0.15) is 5.82 Å². The number of pyridine rings is 1. The summed E-state index contributed by atoms with van der Waals surface area (Å²) in [4.78, 5) is 14.9. The van der Waals surface area contributed by atoms with Crippen LogP contribution in [0.1, 0.15) is 35.1 Å². The summed E-state index contributed by atoms with van der Waals surface area (Å²) in [6.07, 6.45) is 2.26. The third-order valence-corrected chi connectivity index (χ3v) is 9.48. The molecule has 41 heavy (non-hydrogen) atoms. The second kappa shape index (κ2) is 8.65. The quantitative estimate of drug-likeness (QED) is 0.234. The zero-order valence-electron chi connectivity index (χ0n) is 22.9. The zero-order chi connectivity index (χ0) is 27.0. The van der Waals surface area contributed by atoms with Gasteiger partial charge in [0.05, 0.1) is 11.1 Å². The maximum atomic E-state index is 5.25. The van der Waals surface area contributed by atoms with Crippen molar-refractivity contribution in [1.29, 1.82) is 0 Å². The minimum Gasteiger partial charge on any atom is -0.342 e. The number of anilines is 1. The fourth-order valence-corrected chi connectivity index (χ4v) is 7.83. The molecule has 1 spiro atoms. The van der Waals surface area contributed by atoms with Crippen molar-refractivity contribution >= 4 is 11.8 Å². The van der Waals surface area contributed by atoms with Crippen LogP contribution >= 0.6 is 0 Å². The van der Waals surface area contributed by atoms with Crippen LogP contribution in [0, 0.1) is 0 Å². The van der Waals surface area contributed by atoms with E-state index in [9.17, 15) is 0 Å². The number of rotatable bonds is 2. The monoisotopic (exact) mass is 530 g/mol. The van der Waals surface area contributed by atoms with Crippen LogP contribution in [0.4, 0.5) is 5.82 Å². The summed E-state index contributed by atoms with van der Waals surface area (Å²) in [5.41, 5.74) is 12.6. The molecule has 2 aliphatic heterocycles. The Morgan fingerprint density at radius 2 is 1.20 bits per heavy atom. The van der Waals surface area contributed by atoms with Crippen LogP contribution in [0.25, 0.3) is 33.5 Å². The zero-order valence-corrected chi connectivity index (χ0v) is 22.9. The molecule has 4 aromatic carbocycles. The van der Waals surface area contributed by atoms with Gasteiger partial charge in [0.15, 0.2) is 0 Å². The molecule has 0 amide bonds. The minimum atomic E-state index is -0.336. The lowest BCUT2D eigenvalue weighted by Crippen LogP contribution is -2.52. The summed E-state index contributed by atoms with van der Waals surface area (Å²) in [5.74, 6) is 2.08. The summed E-state index contributed by atoms with van der Waals surface area (Å²) in [6, 6.07) is 40.4. The van der Waals surface area contributed by atoms with Gasteiger partial charge in [-0.05, 0) is 75.5 Å². The maximum absolute atomic E-state index is 5.25. The van der Waals surface area contributed by atoms with Crippen molar-refractivity contribution in [3.63, 3.8) is 0 Å². The van der Waals surface area contributed by atoms with Gasteiger partial charge in [-0.2, -0.15) is 0 Å². The average Bonchev–Trinajstić information content (AvgIpc) is 3.52. The van der Waals surface area contributed by atoms with Crippen LogP contribution in [-0.2, 0) is 5.41 Å². The summed E-state index contributed by atoms with van der Waals surface area (Å²) in [5, 5.41) is 0. The molecule has 4 nitrogen and oxygen atoms in total. The van der Waals surface area contributed by atoms with Gasteiger partial charge in [-0.15, -0.1) is 0 Å². The predicted octanol–water partition coefficient (Wildman–Crippen LogP) is 7.36. The van der Waals surface area contributed by atoms with E-state index in [0.29, 0.717) is 0 Å². The molecule has 3 heterocycles. The first-order valence-corrected chi connectivity index (χ1v) is 14.8. The van der Waals surface area contributed by atoms with Crippen molar-refractivity contribution in [2.75, 3.05) is 31.1 Å². The van der Waals surface area contributed by atoms with Crippen LogP contribution in [-0.4, -0.2) is 42.0 Å². The molecule has 0 saturated carbocycles. The first-order chi connectivity index (χ1) is 20.3. The molecule has 2 aliphatic carbocycles. The van der Waals surface area contributed by atoms with Crippen molar-refractivity contribution in [2.45, 2.75) is 18.3 Å². The van der Waals surface area contributed by atoms with Crippen LogP contribution in [0.2, 0.25) is 0 Å². The number of aliphatic imine (C=N–C) groups is 1. The molecule has 0 radical (unpaired) electrons. The largest absolute Gasteiger partial charge is 0.342 e. The number of hydrogen-bond donors (Lipinski definition) is 0. The highest BCUT2D eigenvalue weighted by atomic mass is 15.4. The van der Waals surface area contributed by atoms with Crippen molar-refractivity contribution < 1.29 is 0 Å². The van der Waals surface area contributed by atoms with Gasteiger partial charge in [-0.1, -0.05) is 91.0 Å². The van der Waals surface area contributed by atoms with Crippen molar-refractivity contribution in [3.8, 4) is 33.5 Å². The van der Waals surface area contributed by atoms with E-state index in [4.69, 9.17) is 9.98 Å². The van der Waals surface area contributed by atoms with E-state index in [1.807, 2.05) is 0 Å². The van der Waals surface area contributed by atoms with E-state index >= 15 is 0 Å². The fraction of sp³-hybridized carbons (Fsp3) is 0.189. The van der Waals surface area contributed by atoms with Gasteiger partial charge in [-0.3, -0.25) is 9.89 Å². The number of fused-ring (bicyclic) bond motifs is 11. The molecular formula is C37H30N4. The van der Waals surface area contributed by atoms with Gasteiger partial charge in [0.2, 0.25) is 5.96 Å². The first-order valence-electron chi connectivity index (χ1n) is 14.8. The lowest BCUT2D eigenvalue weighted by Gasteiger charge is -2.40. The standard InChI is InChI=1S/C37H30N4/c1-4-13-30-26(10-1)27-11-2-5-14-31(27)37(30)32-15-6-3-12-28(32)29-19-18-25(24-33(29)37)34-16-7-17-35(39-34)41-23-9-22-40-21-8-20-38-36(40)41/h1-7,10-19,24H,8-9,20-23H2. The molecule has 4 aliphatic rings. The molecule has 5 aromatic rings. The molecule has 1 fully saturated rings. The molecule has 1 aromatic heterocycles. The summed E-state index contributed by atoms with van der Waals surface area (Å²) in [6.45, 7) is 4.04. The molecule has 9 rings (SSSR count). The third-order valence-electron chi connectivity index (χ3n) is 9.48. The first kappa shape index (κ1) is 23.0. The molecule has 0 unspecified atom stereocenters. The molecule has 198 valence electrons. The highest BCUT2D eigenvalue weighted by molar-refractivity contribution is 5.97. The van der Waals surface area contributed by atoms with E-state index in [1.54, 1.807) is 0 Å². The summed E-state index contributed by atoms with van der Waals surface area (Å²) < 4.78 is 0. The Balaban J connectivity index is 1.24. The second-order valence-electron chi connectivity index (χ2n) is 11.6. The molecular weight excluding hydrogens is 500 g/mol. The Morgan fingerprint density at radius 3 is 1.90 bits per heavy atom. The third kappa shape index (κ3) is 3.10. The number of aromatic nitrogens is 1. The number of guanidine groups is 1. The van der Waals surface area contributed by atoms with E-state index < -0.39 is 0 Å². The summed E-state index contributed by atoms with van der Waals surface area (Å²) >= 11 is 0. The average molecular weight is 531 g/mol. The van der Waals surface area contributed by atoms with E-state index in [1.165, 1.54) is 44.5 Å². The molecule has 0 N–H and O–H groups in total. The lowest BCUT2D eigenvalue weighted by molar-refractivity contribution is 0.359. The highest BCUT2D eigenvalue weighted by Gasteiger charge is 2.51. The predicted molar refractivity (Wildman–Crippen MR) is 166 cm³/mol. The SMILES string of the molecule is c1cc(-c2ccc3c(c2)C2(c4ccccc4-c4ccccc42)c2ccccc2-3)nc(N2CCCN3CCCN=C32)c1. The van der Waals surface area contributed by atoms with E-state index in [0.717, 1.165) is 62.1 Å². The number of benzene rings is 4. The molecule has 0 atom stereocenters. The van der Waals surface area contributed by atoms with Crippen molar-refractivity contribution in [2.24, 2.45) is 4.99 Å². The van der Waals surface area contributed by atoms with Crippen LogP contribution in [0.5, 0.6) is 0 Å². The van der Waals surface area contributed by atoms with Gasteiger partial charge in [0, 0.05) is 31.7 Å². The van der Waals surface area contributed by atoms with Crippen LogP contribution in [0.3, 0.4) is 0 Å². The minimum absolute atomic E-state index is 0.336. The molecule has 0 bridgehead atoms. The van der Waals surface area contributed by atoms with Gasteiger partial charge in [0.25, 0.3) is 0 Å². The van der Waals surface area contributed by atoms with Crippen LogP contribution in [0.15, 0.2) is 114 Å². The van der Waals surface area contributed by atoms with Crippen LogP contribution < -0.4 is 4.90 Å². The van der Waals surface area contributed by atoms with E-state index in [-0.39, 0.29) is 5.41 Å². The van der Waals surface area contributed by atoms with Crippen molar-refractivity contribution in [1.82, 2.24) is 9.88 Å². The normalized spacial score (nSPS) is 17.4. The van der Waals surface area contributed by atoms with Gasteiger partial charge < -0.3 is 4.90 Å². The Morgan fingerprint density at radius 1 is 0.561 bits per heavy atom.